The summed E-state index contributed by atoms with van der Waals surface area (Å²) in [5, 5.41) is 9.03. The van der Waals surface area contributed by atoms with E-state index in [1.165, 1.54) is 57.1 Å². The van der Waals surface area contributed by atoms with Crippen LogP contribution in [-0.4, -0.2) is 23.1 Å². The van der Waals surface area contributed by atoms with Crippen LogP contribution in [0.5, 0.6) is 0 Å². The number of rotatable bonds is 16. The van der Waals surface area contributed by atoms with E-state index in [0.29, 0.717) is 11.5 Å². The van der Waals surface area contributed by atoms with Crippen molar-refractivity contribution >= 4 is 11.9 Å². The molecule has 2 atom stereocenters. The fourth-order valence-corrected chi connectivity index (χ4v) is 3.82. The van der Waals surface area contributed by atoms with E-state index in [0.717, 1.165) is 31.6 Å². The van der Waals surface area contributed by atoms with Crippen LogP contribution in [0.3, 0.4) is 0 Å². The molecule has 0 heterocycles. The van der Waals surface area contributed by atoms with E-state index in [4.69, 9.17) is 9.84 Å². The van der Waals surface area contributed by atoms with Gasteiger partial charge in [0.15, 0.2) is 0 Å². The number of carboxylic acid groups (broad SMARTS) is 1. The Morgan fingerprint density at radius 2 is 1.47 bits per heavy atom. The summed E-state index contributed by atoms with van der Waals surface area (Å²) in [5.74, 6) is 0.00207. The van der Waals surface area contributed by atoms with Crippen LogP contribution in [0.4, 0.5) is 0 Å². The van der Waals surface area contributed by atoms with Crippen molar-refractivity contribution in [1.82, 2.24) is 0 Å². The van der Waals surface area contributed by atoms with Gasteiger partial charge in [-0.2, -0.15) is 0 Å². The van der Waals surface area contributed by atoms with Crippen LogP contribution in [0.15, 0.2) is 24.3 Å². The average molecular weight is 419 g/mol. The Morgan fingerprint density at radius 3 is 2.00 bits per heavy atom. The van der Waals surface area contributed by atoms with Gasteiger partial charge in [-0.05, 0) is 55.4 Å². The van der Waals surface area contributed by atoms with Gasteiger partial charge in [-0.25, -0.2) is 9.59 Å². The van der Waals surface area contributed by atoms with Gasteiger partial charge in [0.2, 0.25) is 0 Å². The van der Waals surface area contributed by atoms with Gasteiger partial charge in [-0.15, -0.1) is 0 Å². The third kappa shape index (κ3) is 10.8. The topological polar surface area (TPSA) is 63.6 Å². The molecule has 0 aliphatic rings. The second kappa shape index (κ2) is 15.0. The van der Waals surface area contributed by atoms with Gasteiger partial charge < -0.3 is 9.84 Å². The summed E-state index contributed by atoms with van der Waals surface area (Å²) in [7, 11) is 0. The lowest BCUT2D eigenvalue weighted by Crippen LogP contribution is -2.22. The van der Waals surface area contributed by atoms with E-state index in [1.807, 2.05) is 0 Å². The number of hydrogen-bond donors (Lipinski definition) is 1. The molecule has 0 aliphatic heterocycles. The SMILES string of the molecule is CCCCC(CC)CC(CCCCCCC(C)C)OC(=O)c1ccc(C(=O)O)cc1. The number of unbranched alkanes of at least 4 members (excludes halogenated alkanes) is 4. The molecule has 0 aromatic heterocycles. The van der Waals surface area contributed by atoms with E-state index < -0.39 is 5.97 Å². The summed E-state index contributed by atoms with van der Waals surface area (Å²) < 4.78 is 5.91. The Labute approximate surface area is 183 Å². The molecule has 2 unspecified atom stereocenters. The molecule has 1 rings (SSSR count). The number of carboxylic acids is 1. The van der Waals surface area contributed by atoms with E-state index in [-0.39, 0.29) is 17.6 Å². The number of ether oxygens (including phenoxy) is 1. The van der Waals surface area contributed by atoms with Gasteiger partial charge in [0.05, 0.1) is 11.1 Å². The van der Waals surface area contributed by atoms with Gasteiger partial charge >= 0.3 is 11.9 Å². The summed E-state index contributed by atoms with van der Waals surface area (Å²) in [6.07, 6.45) is 12.5. The first kappa shape index (κ1) is 26.2. The van der Waals surface area contributed by atoms with Crippen LogP contribution in [0.2, 0.25) is 0 Å². The van der Waals surface area contributed by atoms with Crippen molar-refractivity contribution in [3.05, 3.63) is 35.4 Å². The zero-order chi connectivity index (χ0) is 22.4. The summed E-state index contributed by atoms with van der Waals surface area (Å²) >= 11 is 0. The highest BCUT2D eigenvalue weighted by molar-refractivity contribution is 5.92. The molecule has 30 heavy (non-hydrogen) atoms. The molecule has 1 aromatic rings. The molecule has 4 heteroatoms. The number of carbonyl (C=O) groups excluding carboxylic acids is 1. The minimum Gasteiger partial charge on any atom is -0.478 e. The molecular formula is C26H42O4. The Kier molecular flexibility index (Phi) is 13.1. The van der Waals surface area contributed by atoms with Crippen molar-refractivity contribution in [2.24, 2.45) is 11.8 Å². The van der Waals surface area contributed by atoms with Crippen LogP contribution in [0.25, 0.3) is 0 Å². The molecule has 0 fully saturated rings. The molecular weight excluding hydrogens is 376 g/mol. The second-order valence-corrected chi connectivity index (χ2v) is 8.95. The van der Waals surface area contributed by atoms with E-state index in [2.05, 4.69) is 27.7 Å². The third-order valence-electron chi connectivity index (χ3n) is 5.84. The smallest absolute Gasteiger partial charge is 0.338 e. The summed E-state index contributed by atoms with van der Waals surface area (Å²) in [6, 6.07) is 6.00. The molecule has 4 nitrogen and oxygen atoms in total. The molecule has 0 radical (unpaired) electrons. The van der Waals surface area contributed by atoms with Crippen molar-refractivity contribution in [2.75, 3.05) is 0 Å². The lowest BCUT2D eigenvalue weighted by molar-refractivity contribution is 0.0205. The van der Waals surface area contributed by atoms with Crippen molar-refractivity contribution in [3.63, 3.8) is 0 Å². The third-order valence-corrected chi connectivity index (χ3v) is 5.84. The maximum atomic E-state index is 12.7. The summed E-state index contributed by atoms with van der Waals surface area (Å²) in [4.78, 5) is 23.7. The maximum absolute atomic E-state index is 12.7. The first-order valence-corrected chi connectivity index (χ1v) is 11.9. The van der Waals surface area contributed by atoms with Crippen LogP contribution in [0, 0.1) is 11.8 Å². The van der Waals surface area contributed by atoms with Gasteiger partial charge in [-0.1, -0.05) is 79.1 Å². The Bertz CT molecular complexity index is 606. The van der Waals surface area contributed by atoms with E-state index in [1.54, 1.807) is 12.1 Å². The quantitative estimate of drug-likeness (QED) is 0.223. The van der Waals surface area contributed by atoms with Crippen molar-refractivity contribution in [3.8, 4) is 0 Å². The summed E-state index contributed by atoms with van der Waals surface area (Å²) in [5.41, 5.74) is 0.596. The molecule has 170 valence electrons. The van der Waals surface area contributed by atoms with Crippen molar-refractivity contribution in [1.29, 1.82) is 0 Å². The molecule has 0 amide bonds. The second-order valence-electron chi connectivity index (χ2n) is 8.95. The zero-order valence-electron chi connectivity index (χ0n) is 19.5. The minimum atomic E-state index is -0.994. The number of hydrogen-bond acceptors (Lipinski definition) is 3. The normalized spacial score (nSPS) is 13.2. The average Bonchev–Trinajstić information content (AvgIpc) is 2.72. The molecule has 0 bridgehead atoms. The minimum absolute atomic E-state index is 0.0662. The predicted molar refractivity (Wildman–Crippen MR) is 123 cm³/mol. The van der Waals surface area contributed by atoms with E-state index >= 15 is 0 Å². The van der Waals surface area contributed by atoms with Crippen molar-refractivity contribution in [2.45, 2.75) is 104 Å². The monoisotopic (exact) mass is 418 g/mol. The molecule has 1 N–H and O–H groups in total. The van der Waals surface area contributed by atoms with Crippen LogP contribution in [0.1, 0.15) is 119 Å². The molecule has 0 saturated carbocycles. The maximum Gasteiger partial charge on any atom is 0.338 e. The van der Waals surface area contributed by atoms with Crippen LogP contribution in [-0.2, 0) is 4.74 Å². The first-order valence-electron chi connectivity index (χ1n) is 11.9. The molecule has 0 spiro atoms. The van der Waals surface area contributed by atoms with Gasteiger partial charge in [0.1, 0.15) is 6.10 Å². The van der Waals surface area contributed by atoms with Gasteiger partial charge in [0, 0.05) is 0 Å². The lowest BCUT2D eigenvalue weighted by Gasteiger charge is -2.23. The Hall–Kier alpha value is -1.84. The Morgan fingerprint density at radius 1 is 0.867 bits per heavy atom. The number of carbonyl (C=O) groups is 2. The van der Waals surface area contributed by atoms with E-state index in [9.17, 15) is 9.59 Å². The highest BCUT2D eigenvalue weighted by Crippen LogP contribution is 2.24. The summed E-state index contributed by atoms with van der Waals surface area (Å²) in [6.45, 7) is 8.96. The first-order chi connectivity index (χ1) is 14.4. The number of esters is 1. The van der Waals surface area contributed by atoms with Crippen molar-refractivity contribution < 1.29 is 19.4 Å². The molecule has 1 aromatic carbocycles. The Balaban J connectivity index is 2.65. The van der Waals surface area contributed by atoms with Gasteiger partial charge in [0.25, 0.3) is 0 Å². The standard InChI is InChI=1S/C26H42O4/c1-5-7-13-21(6-2)19-24(14-11-9-8-10-12-20(3)4)30-26(29)23-17-15-22(16-18-23)25(27)28/h15-18,20-21,24H,5-14,19H2,1-4H3,(H,27,28). The van der Waals surface area contributed by atoms with Gasteiger partial charge in [-0.3, -0.25) is 0 Å². The largest absolute Gasteiger partial charge is 0.478 e. The zero-order valence-corrected chi connectivity index (χ0v) is 19.5. The highest BCUT2D eigenvalue weighted by atomic mass is 16.5. The lowest BCUT2D eigenvalue weighted by atomic mass is 9.91. The molecule has 0 aliphatic carbocycles. The fourth-order valence-electron chi connectivity index (χ4n) is 3.82. The van der Waals surface area contributed by atoms with Crippen LogP contribution < -0.4 is 0 Å². The number of aromatic carboxylic acids is 1. The highest BCUT2D eigenvalue weighted by Gasteiger charge is 2.20. The predicted octanol–water partition coefficient (Wildman–Crippen LogP) is 7.51. The number of benzene rings is 1. The molecule has 0 saturated heterocycles. The van der Waals surface area contributed by atoms with Crippen LogP contribution >= 0.6 is 0 Å². The fraction of sp³-hybridized carbons (Fsp3) is 0.692.